The van der Waals surface area contributed by atoms with Crippen LogP contribution in [0.15, 0.2) is 60.9 Å². The molecule has 5 heteroatoms. The average molecular weight is 357 g/mol. The van der Waals surface area contributed by atoms with Gasteiger partial charge in [-0.2, -0.15) is 0 Å². The summed E-state index contributed by atoms with van der Waals surface area (Å²) in [7, 11) is 0. The van der Waals surface area contributed by atoms with Crippen LogP contribution in [-0.4, -0.2) is 19.1 Å². The summed E-state index contributed by atoms with van der Waals surface area (Å²) in [5, 5.41) is 8.75. The molecule has 0 saturated carbocycles. The summed E-state index contributed by atoms with van der Waals surface area (Å²) in [4.78, 5) is 8.56. The van der Waals surface area contributed by atoms with Crippen LogP contribution in [0.5, 0.6) is 0 Å². The topological polar surface area (TPSA) is 59.5 Å². The normalized spacial score (nSPS) is 11.2. The van der Waals surface area contributed by atoms with Crippen molar-refractivity contribution in [2.24, 2.45) is 0 Å². The van der Waals surface area contributed by atoms with Crippen LogP contribution in [0.25, 0.3) is 11.0 Å². The van der Waals surface area contributed by atoms with Crippen LogP contribution < -0.4 is 5.62 Å². The first kappa shape index (κ1) is 17.2. The van der Waals surface area contributed by atoms with Crippen molar-refractivity contribution in [2.75, 3.05) is 0 Å². The molecule has 0 bridgehead atoms. The molecule has 0 aliphatic carbocycles. The van der Waals surface area contributed by atoms with Crippen molar-refractivity contribution in [3.63, 3.8) is 0 Å². The molecule has 2 aromatic heterocycles. The van der Waals surface area contributed by atoms with Gasteiger partial charge in [0.05, 0.1) is 17.6 Å². The fraction of sp³-hybridized carbons (Fsp3) is 0.227. The number of benzene rings is 2. The van der Waals surface area contributed by atoms with Crippen LogP contribution >= 0.6 is 0 Å². The Bertz CT molecular complexity index is 1120. The first-order valence-corrected chi connectivity index (χ1v) is 9.17. The van der Waals surface area contributed by atoms with Gasteiger partial charge in [0, 0.05) is 24.5 Å². The smallest absolute Gasteiger partial charge is 0.203 e. The van der Waals surface area contributed by atoms with Gasteiger partial charge < -0.3 is 9.13 Å². The SMILES string of the molecule is Cc1ccc(CCn2c(=N)n(Cc3cnc(C)nc3)c3ccccc32)cc1. The molecule has 0 amide bonds. The van der Waals surface area contributed by atoms with E-state index in [1.165, 1.54) is 11.1 Å². The molecule has 4 aromatic rings. The van der Waals surface area contributed by atoms with Gasteiger partial charge in [0.15, 0.2) is 0 Å². The summed E-state index contributed by atoms with van der Waals surface area (Å²) in [6.45, 7) is 5.35. The monoisotopic (exact) mass is 357 g/mol. The maximum absolute atomic E-state index is 8.75. The highest BCUT2D eigenvalue weighted by atomic mass is 15.2. The van der Waals surface area contributed by atoms with Crippen LogP contribution in [0.3, 0.4) is 0 Å². The van der Waals surface area contributed by atoms with E-state index in [4.69, 9.17) is 5.41 Å². The first-order chi connectivity index (χ1) is 13.1. The third-order valence-electron chi connectivity index (χ3n) is 4.89. The number of fused-ring (bicyclic) bond motifs is 1. The van der Waals surface area contributed by atoms with E-state index in [1.54, 1.807) is 0 Å². The minimum atomic E-state index is 0.504. The molecule has 5 nitrogen and oxygen atoms in total. The number of para-hydroxylation sites is 2. The molecule has 1 N–H and O–H groups in total. The van der Waals surface area contributed by atoms with Crippen molar-refractivity contribution in [3.05, 3.63) is 89.1 Å². The Hall–Kier alpha value is -3.21. The molecule has 0 unspecified atom stereocenters. The molecule has 27 heavy (non-hydrogen) atoms. The van der Waals surface area contributed by atoms with Gasteiger partial charge in [-0.05, 0) is 38.0 Å². The Morgan fingerprint density at radius 3 is 2.11 bits per heavy atom. The van der Waals surface area contributed by atoms with E-state index in [0.717, 1.165) is 35.4 Å². The zero-order valence-corrected chi connectivity index (χ0v) is 15.7. The van der Waals surface area contributed by atoms with E-state index >= 15 is 0 Å². The van der Waals surface area contributed by atoms with Gasteiger partial charge in [0.2, 0.25) is 5.62 Å². The lowest BCUT2D eigenvalue weighted by Crippen LogP contribution is -2.25. The summed E-state index contributed by atoms with van der Waals surface area (Å²) >= 11 is 0. The van der Waals surface area contributed by atoms with Gasteiger partial charge >= 0.3 is 0 Å². The van der Waals surface area contributed by atoms with E-state index in [-0.39, 0.29) is 0 Å². The lowest BCUT2D eigenvalue weighted by Gasteiger charge is -2.06. The van der Waals surface area contributed by atoms with Gasteiger partial charge in [-0.3, -0.25) is 5.41 Å². The molecule has 0 spiro atoms. The summed E-state index contributed by atoms with van der Waals surface area (Å²) in [5.74, 6) is 0.760. The quantitative estimate of drug-likeness (QED) is 0.593. The van der Waals surface area contributed by atoms with Gasteiger partial charge in [-0.25, -0.2) is 9.97 Å². The number of hydrogen-bond acceptors (Lipinski definition) is 3. The number of hydrogen-bond donors (Lipinski definition) is 1. The van der Waals surface area contributed by atoms with E-state index in [9.17, 15) is 0 Å². The van der Waals surface area contributed by atoms with Crippen molar-refractivity contribution in [1.29, 1.82) is 5.41 Å². The summed E-state index contributed by atoms with van der Waals surface area (Å²) in [6.07, 6.45) is 4.58. The molecule has 4 rings (SSSR count). The van der Waals surface area contributed by atoms with Crippen LogP contribution in [0.4, 0.5) is 0 Å². The van der Waals surface area contributed by atoms with Crippen molar-refractivity contribution in [3.8, 4) is 0 Å². The summed E-state index contributed by atoms with van der Waals surface area (Å²) in [5.41, 5.74) is 6.21. The molecular formula is C22H23N5. The summed E-state index contributed by atoms with van der Waals surface area (Å²) in [6, 6.07) is 16.8. The molecule has 0 aliphatic rings. The second kappa shape index (κ2) is 7.19. The van der Waals surface area contributed by atoms with Crippen molar-refractivity contribution < 1.29 is 0 Å². The lowest BCUT2D eigenvalue weighted by molar-refractivity contribution is 0.620. The highest BCUT2D eigenvalue weighted by Gasteiger charge is 2.11. The van der Waals surface area contributed by atoms with Gasteiger partial charge in [0.25, 0.3) is 0 Å². The maximum Gasteiger partial charge on any atom is 0.203 e. The Labute approximate surface area is 158 Å². The van der Waals surface area contributed by atoms with Crippen molar-refractivity contribution in [2.45, 2.75) is 33.4 Å². The fourth-order valence-corrected chi connectivity index (χ4v) is 3.36. The third-order valence-corrected chi connectivity index (χ3v) is 4.89. The number of imidazole rings is 1. The number of aryl methyl sites for hydroxylation is 4. The van der Waals surface area contributed by atoms with Crippen LogP contribution in [0.1, 0.15) is 22.5 Å². The minimum absolute atomic E-state index is 0.504. The predicted molar refractivity (Wildman–Crippen MR) is 107 cm³/mol. The molecule has 0 saturated heterocycles. The largest absolute Gasteiger partial charge is 0.310 e. The molecule has 2 aromatic carbocycles. The Morgan fingerprint density at radius 1 is 0.815 bits per heavy atom. The van der Waals surface area contributed by atoms with E-state index < -0.39 is 0 Å². The van der Waals surface area contributed by atoms with Crippen LogP contribution in [0, 0.1) is 19.3 Å². The number of rotatable bonds is 5. The zero-order chi connectivity index (χ0) is 18.8. The van der Waals surface area contributed by atoms with Crippen LogP contribution in [0.2, 0.25) is 0 Å². The van der Waals surface area contributed by atoms with E-state index in [0.29, 0.717) is 12.2 Å². The Balaban J connectivity index is 1.68. The van der Waals surface area contributed by atoms with Gasteiger partial charge in [-0.15, -0.1) is 0 Å². The first-order valence-electron chi connectivity index (χ1n) is 9.17. The molecule has 136 valence electrons. The maximum atomic E-state index is 8.75. The highest BCUT2D eigenvalue weighted by molar-refractivity contribution is 5.76. The average Bonchev–Trinajstić information content (AvgIpc) is 2.95. The second-order valence-corrected chi connectivity index (χ2v) is 6.92. The standard InChI is InChI=1S/C22H23N5/c1-16-7-9-18(10-8-16)11-12-26-20-5-3-4-6-21(20)27(22(26)23)15-19-13-24-17(2)25-14-19/h3-10,13-14,23H,11-12,15H2,1-2H3. The molecule has 0 atom stereocenters. The number of aromatic nitrogens is 4. The molecule has 0 radical (unpaired) electrons. The fourth-order valence-electron chi connectivity index (χ4n) is 3.36. The molecule has 0 fully saturated rings. The number of nitrogens with one attached hydrogen (secondary N) is 1. The minimum Gasteiger partial charge on any atom is -0.310 e. The van der Waals surface area contributed by atoms with Crippen molar-refractivity contribution in [1.82, 2.24) is 19.1 Å². The van der Waals surface area contributed by atoms with E-state index in [1.807, 2.05) is 36.0 Å². The van der Waals surface area contributed by atoms with Crippen LogP contribution in [-0.2, 0) is 19.5 Å². The van der Waals surface area contributed by atoms with Gasteiger partial charge in [-0.1, -0.05) is 42.0 Å². The third kappa shape index (κ3) is 3.53. The predicted octanol–water partition coefficient (Wildman–Crippen LogP) is 3.62. The molecule has 2 heterocycles. The zero-order valence-electron chi connectivity index (χ0n) is 15.7. The summed E-state index contributed by atoms with van der Waals surface area (Å²) < 4.78 is 4.11. The van der Waals surface area contributed by atoms with Crippen molar-refractivity contribution >= 4 is 11.0 Å². The molecular weight excluding hydrogens is 334 g/mol. The second-order valence-electron chi connectivity index (χ2n) is 6.92. The van der Waals surface area contributed by atoms with E-state index in [2.05, 4.69) is 57.9 Å². The Morgan fingerprint density at radius 2 is 1.44 bits per heavy atom. The van der Waals surface area contributed by atoms with Gasteiger partial charge in [0.1, 0.15) is 5.82 Å². The lowest BCUT2D eigenvalue weighted by atomic mass is 10.1. The number of nitrogens with zero attached hydrogens (tertiary/aromatic N) is 4. The highest BCUT2D eigenvalue weighted by Crippen LogP contribution is 2.15. The Kier molecular flexibility index (Phi) is 4.59. The molecule has 0 aliphatic heterocycles.